The van der Waals surface area contributed by atoms with Gasteiger partial charge >= 0.3 is 0 Å². The van der Waals surface area contributed by atoms with Gasteiger partial charge in [0.05, 0.1) is 15.9 Å². The van der Waals surface area contributed by atoms with Gasteiger partial charge in [0, 0.05) is 32.5 Å². The molecule has 160 valence electrons. The third-order valence-corrected chi connectivity index (χ3v) is 7.63. The van der Waals surface area contributed by atoms with Crippen LogP contribution in [0.25, 0.3) is 11.0 Å². The van der Waals surface area contributed by atoms with Crippen LogP contribution in [0.15, 0.2) is 28.6 Å². The Balaban J connectivity index is 1.58. The number of benzene rings is 1. The number of amides is 1. The average Bonchev–Trinajstić information content (AvgIpc) is 3.48. The van der Waals surface area contributed by atoms with Gasteiger partial charge in [-0.15, -0.1) is 10.2 Å². The van der Waals surface area contributed by atoms with Crippen LogP contribution < -0.4 is 5.32 Å². The van der Waals surface area contributed by atoms with Crippen molar-refractivity contribution in [3.8, 4) is 0 Å². The summed E-state index contributed by atoms with van der Waals surface area (Å²) in [4.78, 5) is 17.2. The summed E-state index contributed by atoms with van der Waals surface area (Å²) >= 11 is 1.27. The van der Waals surface area contributed by atoms with Crippen LogP contribution in [0, 0.1) is 0 Å². The lowest BCUT2D eigenvalue weighted by Gasteiger charge is -2.15. The molecule has 11 heteroatoms. The quantitative estimate of drug-likeness (QED) is 0.567. The molecule has 1 N–H and O–H groups in total. The van der Waals surface area contributed by atoms with Crippen LogP contribution in [0.2, 0.25) is 0 Å². The zero-order valence-electron chi connectivity index (χ0n) is 16.7. The third kappa shape index (κ3) is 4.23. The first-order valence-corrected chi connectivity index (χ1v) is 12.4. The fraction of sp³-hybridized carbons (Fsp3) is 0.474. The molecule has 0 aliphatic carbocycles. The minimum atomic E-state index is -3.49. The summed E-state index contributed by atoms with van der Waals surface area (Å²) in [6.07, 6.45) is 3.41. The second kappa shape index (κ2) is 8.78. The molecule has 2 aromatic heterocycles. The Kier molecular flexibility index (Phi) is 6.11. The van der Waals surface area contributed by atoms with Crippen LogP contribution >= 0.6 is 11.3 Å². The predicted molar refractivity (Wildman–Crippen MR) is 115 cm³/mol. The molecule has 0 atom stereocenters. The maximum atomic E-state index is 12.9. The number of carbonyl (C=O) groups excluding carboxylic acids is 1. The molecule has 0 unspecified atom stereocenters. The van der Waals surface area contributed by atoms with Gasteiger partial charge in [0.15, 0.2) is 0 Å². The molecule has 1 aliphatic heterocycles. The van der Waals surface area contributed by atoms with Gasteiger partial charge in [0.1, 0.15) is 11.3 Å². The van der Waals surface area contributed by atoms with Crippen molar-refractivity contribution in [3.05, 3.63) is 29.5 Å². The van der Waals surface area contributed by atoms with E-state index in [4.69, 9.17) is 0 Å². The minimum Gasteiger partial charge on any atom is -0.328 e. The molecule has 1 fully saturated rings. The number of aromatic nitrogens is 4. The van der Waals surface area contributed by atoms with Crippen molar-refractivity contribution in [1.29, 1.82) is 0 Å². The number of hydrogen-bond acceptors (Lipinski definition) is 7. The van der Waals surface area contributed by atoms with Crippen molar-refractivity contribution in [2.75, 3.05) is 18.4 Å². The number of carbonyl (C=O) groups is 1. The van der Waals surface area contributed by atoms with Crippen molar-refractivity contribution in [3.63, 3.8) is 0 Å². The fourth-order valence-corrected chi connectivity index (χ4v) is 5.69. The van der Waals surface area contributed by atoms with E-state index in [2.05, 4.69) is 32.0 Å². The molecule has 9 nitrogen and oxygen atoms in total. The zero-order valence-corrected chi connectivity index (χ0v) is 18.4. The Labute approximate surface area is 179 Å². The van der Waals surface area contributed by atoms with Crippen molar-refractivity contribution >= 4 is 43.4 Å². The molecule has 0 radical (unpaired) electrons. The smallest absolute Gasteiger partial charge is 0.243 e. The highest BCUT2D eigenvalue weighted by Crippen LogP contribution is 2.26. The number of imidazole rings is 1. The fourth-order valence-electron chi connectivity index (χ4n) is 3.70. The molecule has 1 saturated heterocycles. The largest absolute Gasteiger partial charge is 0.328 e. The van der Waals surface area contributed by atoms with Gasteiger partial charge < -0.3 is 9.88 Å². The number of nitrogens with zero attached hydrogens (tertiary/aromatic N) is 5. The van der Waals surface area contributed by atoms with Crippen LogP contribution in [0.3, 0.4) is 0 Å². The highest BCUT2D eigenvalue weighted by molar-refractivity contribution is 7.89. The first-order chi connectivity index (χ1) is 14.5. The molecule has 3 heterocycles. The van der Waals surface area contributed by atoms with E-state index in [1.54, 1.807) is 17.6 Å². The number of anilines is 1. The normalized spacial score (nSPS) is 15.1. The molecule has 4 rings (SSSR count). The summed E-state index contributed by atoms with van der Waals surface area (Å²) in [5.74, 6) is 0.620. The van der Waals surface area contributed by atoms with Gasteiger partial charge in [-0.3, -0.25) is 4.79 Å². The van der Waals surface area contributed by atoms with E-state index in [1.165, 1.54) is 15.6 Å². The Bertz CT molecular complexity index is 1130. The molecule has 1 aromatic carbocycles. The Morgan fingerprint density at radius 3 is 2.77 bits per heavy atom. The maximum absolute atomic E-state index is 12.9. The van der Waals surface area contributed by atoms with Crippen molar-refractivity contribution in [2.45, 2.75) is 50.5 Å². The second-order valence-electron chi connectivity index (χ2n) is 7.23. The summed E-state index contributed by atoms with van der Waals surface area (Å²) in [6.45, 7) is 3.96. The predicted octanol–water partition coefficient (Wildman–Crippen LogP) is 2.65. The molecule has 0 saturated carbocycles. The summed E-state index contributed by atoms with van der Waals surface area (Å²) in [5, 5.41) is 10.7. The molecule has 1 amide bonds. The molecule has 1 aliphatic rings. The summed E-state index contributed by atoms with van der Waals surface area (Å²) < 4.78 is 29.4. The summed E-state index contributed by atoms with van der Waals surface area (Å²) in [6, 6.07) is 5.14. The lowest BCUT2D eigenvalue weighted by atomic mass is 10.2. The Morgan fingerprint density at radius 1 is 1.27 bits per heavy atom. The number of rotatable bonds is 8. The van der Waals surface area contributed by atoms with Crippen LogP contribution in [0.4, 0.5) is 5.13 Å². The van der Waals surface area contributed by atoms with Gasteiger partial charge in [0.25, 0.3) is 0 Å². The number of fused-ring (bicyclic) bond motifs is 1. The minimum absolute atomic E-state index is 0.154. The summed E-state index contributed by atoms with van der Waals surface area (Å²) in [7, 11) is -3.49. The molecular formula is C19H24N6O3S2. The lowest BCUT2D eigenvalue weighted by Crippen LogP contribution is -2.27. The number of nitrogens with one attached hydrogen (secondary N) is 1. The van der Waals surface area contributed by atoms with Gasteiger partial charge in [-0.1, -0.05) is 18.3 Å². The van der Waals surface area contributed by atoms with Crippen LogP contribution in [0.5, 0.6) is 0 Å². The van der Waals surface area contributed by atoms with E-state index in [-0.39, 0.29) is 17.2 Å². The molecular weight excluding hydrogens is 424 g/mol. The molecule has 30 heavy (non-hydrogen) atoms. The Hall–Kier alpha value is -2.37. The van der Waals surface area contributed by atoms with E-state index >= 15 is 0 Å². The number of aryl methyl sites for hydroxylation is 2. The topological polar surface area (TPSA) is 110 Å². The highest BCUT2D eigenvalue weighted by Gasteiger charge is 2.27. The standard InChI is InChI=1S/C19H24N6O3S2/c1-2-9-25-16-6-5-14(30(27,28)24-10-3-4-11-24)12-15(16)21-17(25)7-8-18(26)22-19-23-20-13-29-19/h5-6,12-13H,2-4,7-11H2,1H3,(H,22,23,26). The first kappa shape index (κ1) is 20.9. The van der Waals surface area contributed by atoms with Crippen molar-refractivity contribution in [2.24, 2.45) is 0 Å². The van der Waals surface area contributed by atoms with E-state index < -0.39 is 10.0 Å². The Morgan fingerprint density at radius 2 is 2.07 bits per heavy atom. The lowest BCUT2D eigenvalue weighted by molar-refractivity contribution is -0.116. The van der Waals surface area contributed by atoms with E-state index in [0.717, 1.165) is 37.1 Å². The number of hydrogen-bond donors (Lipinski definition) is 1. The molecule has 0 spiro atoms. The maximum Gasteiger partial charge on any atom is 0.243 e. The van der Waals surface area contributed by atoms with Gasteiger partial charge in [-0.25, -0.2) is 13.4 Å². The van der Waals surface area contributed by atoms with E-state index in [1.807, 2.05) is 6.07 Å². The number of sulfonamides is 1. The van der Waals surface area contributed by atoms with Crippen molar-refractivity contribution < 1.29 is 13.2 Å². The van der Waals surface area contributed by atoms with E-state index in [0.29, 0.717) is 30.2 Å². The first-order valence-electron chi connectivity index (χ1n) is 10.0. The third-order valence-electron chi connectivity index (χ3n) is 5.13. The van der Waals surface area contributed by atoms with Gasteiger partial charge in [-0.05, 0) is 37.5 Å². The van der Waals surface area contributed by atoms with Crippen LogP contribution in [-0.4, -0.2) is 51.5 Å². The molecule has 3 aromatic rings. The van der Waals surface area contributed by atoms with Crippen LogP contribution in [-0.2, 0) is 27.8 Å². The summed E-state index contributed by atoms with van der Waals surface area (Å²) in [5.41, 5.74) is 3.09. The monoisotopic (exact) mass is 448 g/mol. The average molecular weight is 449 g/mol. The van der Waals surface area contributed by atoms with Gasteiger partial charge in [0.2, 0.25) is 21.1 Å². The molecule has 0 bridgehead atoms. The second-order valence-corrected chi connectivity index (χ2v) is 10.0. The highest BCUT2D eigenvalue weighted by atomic mass is 32.2. The van der Waals surface area contributed by atoms with E-state index in [9.17, 15) is 13.2 Å². The zero-order chi connectivity index (χ0) is 21.1. The van der Waals surface area contributed by atoms with Gasteiger partial charge in [-0.2, -0.15) is 4.31 Å². The SMILES string of the molecule is CCCn1c(CCC(=O)Nc2nncs2)nc2cc(S(=O)(=O)N3CCCC3)ccc21. The van der Waals surface area contributed by atoms with Crippen molar-refractivity contribution in [1.82, 2.24) is 24.1 Å². The van der Waals surface area contributed by atoms with Crippen LogP contribution in [0.1, 0.15) is 38.4 Å².